The number of halogens is 1. The Morgan fingerprint density at radius 2 is 1.68 bits per heavy atom. The minimum Gasteiger partial charge on any atom is -0.495 e. The van der Waals surface area contributed by atoms with Gasteiger partial charge in [-0.05, 0) is 33.6 Å². The van der Waals surface area contributed by atoms with Crippen LogP contribution in [0.2, 0.25) is 0 Å². The van der Waals surface area contributed by atoms with Gasteiger partial charge in [-0.25, -0.2) is 5.48 Å². The first-order valence-corrected chi connectivity index (χ1v) is 7.32. The van der Waals surface area contributed by atoms with Gasteiger partial charge in [-0.1, -0.05) is 30.3 Å². The number of hydrogen-bond acceptors (Lipinski definition) is 4. The van der Waals surface area contributed by atoms with Crippen LogP contribution in [0, 0.1) is 0 Å². The molecule has 1 N–H and O–H groups in total. The Kier molecular flexibility index (Phi) is 5.80. The zero-order valence-corrected chi connectivity index (χ0v) is 13.8. The smallest absolute Gasteiger partial charge is 0.275 e. The largest absolute Gasteiger partial charge is 0.495 e. The Bertz CT molecular complexity index is 621. The van der Waals surface area contributed by atoms with E-state index in [0.29, 0.717) is 21.5 Å². The number of methoxy groups -OCH3 is 2. The number of nitrogens with one attached hydrogen (secondary N) is 1. The van der Waals surface area contributed by atoms with Crippen LogP contribution in [0.3, 0.4) is 0 Å². The van der Waals surface area contributed by atoms with Crippen LogP contribution in [0.15, 0.2) is 46.9 Å². The summed E-state index contributed by atoms with van der Waals surface area (Å²) >= 11 is 3.36. The Balaban J connectivity index is 2.03. The maximum atomic E-state index is 12.1. The maximum absolute atomic E-state index is 12.1. The van der Waals surface area contributed by atoms with Crippen molar-refractivity contribution in [3.63, 3.8) is 0 Å². The fourth-order valence-electron chi connectivity index (χ4n) is 1.82. The molecule has 1 amide bonds. The third kappa shape index (κ3) is 3.99. The molecule has 0 atom stereocenters. The molecule has 22 heavy (non-hydrogen) atoms. The van der Waals surface area contributed by atoms with E-state index in [1.54, 1.807) is 12.1 Å². The predicted molar refractivity (Wildman–Crippen MR) is 85.9 cm³/mol. The van der Waals surface area contributed by atoms with Crippen LogP contribution in [-0.2, 0) is 11.4 Å². The van der Waals surface area contributed by atoms with Crippen LogP contribution in [0.4, 0.5) is 0 Å². The van der Waals surface area contributed by atoms with Gasteiger partial charge in [0.05, 0.1) is 20.8 Å². The molecule has 0 aliphatic heterocycles. The van der Waals surface area contributed by atoms with Crippen molar-refractivity contribution in [2.24, 2.45) is 0 Å². The highest BCUT2D eigenvalue weighted by Crippen LogP contribution is 2.35. The van der Waals surface area contributed by atoms with E-state index in [1.165, 1.54) is 14.2 Å². The van der Waals surface area contributed by atoms with Gasteiger partial charge in [0, 0.05) is 5.56 Å². The van der Waals surface area contributed by atoms with Gasteiger partial charge in [-0.15, -0.1) is 0 Å². The van der Waals surface area contributed by atoms with Crippen molar-refractivity contribution in [1.82, 2.24) is 5.48 Å². The van der Waals surface area contributed by atoms with Gasteiger partial charge in [0.15, 0.2) is 0 Å². The first-order chi connectivity index (χ1) is 10.7. The molecular formula is C16H16BrNO4. The van der Waals surface area contributed by atoms with E-state index >= 15 is 0 Å². The van der Waals surface area contributed by atoms with Gasteiger partial charge in [0.2, 0.25) is 0 Å². The maximum Gasteiger partial charge on any atom is 0.275 e. The molecule has 5 nitrogen and oxygen atoms in total. The summed E-state index contributed by atoms with van der Waals surface area (Å²) in [6.45, 7) is 0.289. The summed E-state index contributed by atoms with van der Waals surface area (Å²) in [6.07, 6.45) is 0. The Labute approximate surface area is 137 Å². The van der Waals surface area contributed by atoms with Crippen LogP contribution >= 0.6 is 15.9 Å². The number of carbonyl (C=O) groups excluding carboxylic acids is 1. The Morgan fingerprint density at radius 1 is 1.09 bits per heavy atom. The molecule has 2 aromatic carbocycles. The van der Waals surface area contributed by atoms with E-state index in [2.05, 4.69) is 21.4 Å². The summed E-state index contributed by atoms with van der Waals surface area (Å²) in [5, 5.41) is 0. The first-order valence-electron chi connectivity index (χ1n) is 6.53. The summed E-state index contributed by atoms with van der Waals surface area (Å²) in [6, 6.07) is 12.8. The average Bonchev–Trinajstić information content (AvgIpc) is 2.56. The van der Waals surface area contributed by atoms with Crippen molar-refractivity contribution in [1.29, 1.82) is 0 Å². The lowest BCUT2D eigenvalue weighted by molar-refractivity contribution is 0.0233. The lowest BCUT2D eigenvalue weighted by Gasteiger charge is -2.11. The van der Waals surface area contributed by atoms with Crippen molar-refractivity contribution in [3.8, 4) is 11.5 Å². The SMILES string of the molecule is COc1cc(C(=O)NOCc2ccccc2)cc(OC)c1Br. The molecule has 2 aromatic rings. The molecule has 2 rings (SSSR count). The van der Waals surface area contributed by atoms with E-state index in [0.717, 1.165) is 5.56 Å². The second-order valence-corrected chi connectivity index (χ2v) is 5.19. The van der Waals surface area contributed by atoms with Crippen molar-refractivity contribution >= 4 is 21.8 Å². The Hall–Kier alpha value is -2.05. The predicted octanol–water partition coefficient (Wildman–Crippen LogP) is 3.33. The van der Waals surface area contributed by atoms with Crippen LogP contribution in [0.5, 0.6) is 11.5 Å². The third-order valence-electron chi connectivity index (χ3n) is 2.95. The molecule has 6 heteroatoms. The van der Waals surface area contributed by atoms with Gasteiger partial charge in [-0.3, -0.25) is 9.63 Å². The lowest BCUT2D eigenvalue weighted by Crippen LogP contribution is -2.23. The normalized spacial score (nSPS) is 10.1. The molecule has 0 heterocycles. The molecule has 0 radical (unpaired) electrons. The van der Waals surface area contributed by atoms with Crippen LogP contribution in [0.1, 0.15) is 15.9 Å². The molecule has 0 fully saturated rings. The molecular weight excluding hydrogens is 350 g/mol. The monoisotopic (exact) mass is 365 g/mol. The average molecular weight is 366 g/mol. The summed E-state index contributed by atoms with van der Waals surface area (Å²) < 4.78 is 11.1. The van der Waals surface area contributed by atoms with E-state index in [-0.39, 0.29) is 12.5 Å². The fraction of sp³-hybridized carbons (Fsp3) is 0.188. The number of benzene rings is 2. The lowest BCUT2D eigenvalue weighted by atomic mass is 10.2. The minimum absolute atomic E-state index is 0.289. The number of amides is 1. The highest BCUT2D eigenvalue weighted by Gasteiger charge is 2.14. The van der Waals surface area contributed by atoms with E-state index in [1.807, 2.05) is 30.3 Å². The van der Waals surface area contributed by atoms with Crippen LogP contribution in [-0.4, -0.2) is 20.1 Å². The molecule has 0 spiro atoms. The summed E-state index contributed by atoms with van der Waals surface area (Å²) in [7, 11) is 3.04. The fourth-order valence-corrected chi connectivity index (χ4v) is 2.37. The second kappa shape index (κ2) is 7.82. The summed E-state index contributed by atoms with van der Waals surface area (Å²) in [4.78, 5) is 17.3. The number of ether oxygens (including phenoxy) is 2. The Morgan fingerprint density at radius 3 is 2.23 bits per heavy atom. The number of hydroxylamine groups is 1. The van der Waals surface area contributed by atoms with Crippen molar-refractivity contribution in [2.45, 2.75) is 6.61 Å². The zero-order valence-electron chi connectivity index (χ0n) is 12.3. The first kappa shape index (κ1) is 16.3. The minimum atomic E-state index is -0.375. The van der Waals surface area contributed by atoms with Gasteiger partial charge >= 0.3 is 0 Å². The molecule has 0 unspecified atom stereocenters. The number of hydrogen-bond donors (Lipinski definition) is 1. The van der Waals surface area contributed by atoms with Crippen LogP contribution < -0.4 is 15.0 Å². The number of carbonyl (C=O) groups is 1. The third-order valence-corrected chi connectivity index (χ3v) is 3.74. The topological polar surface area (TPSA) is 56.8 Å². The van der Waals surface area contributed by atoms with E-state index in [4.69, 9.17) is 14.3 Å². The molecule has 116 valence electrons. The molecule has 0 aromatic heterocycles. The molecule has 0 aliphatic rings. The molecule has 0 saturated carbocycles. The van der Waals surface area contributed by atoms with E-state index < -0.39 is 0 Å². The summed E-state index contributed by atoms with van der Waals surface area (Å²) in [5.74, 6) is 0.639. The molecule has 0 bridgehead atoms. The van der Waals surface area contributed by atoms with Crippen molar-refractivity contribution < 1.29 is 19.1 Å². The zero-order chi connectivity index (χ0) is 15.9. The highest BCUT2D eigenvalue weighted by atomic mass is 79.9. The second-order valence-electron chi connectivity index (χ2n) is 4.40. The van der Waals surface area contributed by atoms with Crippen molar-refractivity contribution in [3.05, 3.63) is 58.1 Å². The highest BCUT2D eigenvalue weighted by molar-refractivity contribution is 9.10. The van der Waals surface area contributed by atoms with Crippen molar-refractivity contribution in [2.75, 3.05) is 14.2 Å². The van der Waals surface area contributed by atoms with Gasteiger partial charge in [0.1, 0.15) is 16.0 Å². The van der Waals surface area contributed by atoms with Crippen LogP contribution in [0.25, 0.3) is 0 Å². The molecule has 0 aliphatic carbocycles. The van der Waals surface area contributed by atoms with Gasteiger partial charge in [0.25, 0.3) is 5.91 Å². The van der Waals surface area contributed by atoms with E-state index in [9.17, 15) is 4.79 Å². The number of rotatable bonds is 6. The quantitative estimate of drug-likeness (QED) is 0.797. The summed E-state index contributed by atoms with van der Waals surface area (Å²) in [5.41, 5.74) is 3.75. The molecule has 0 saturated heterocycles. The standard InChI is InChI=1S/C16H16BrNO4/c1-20-13-8-12(9-14(21-2)15(13)17)16(19)18-22-10-11-6-4-3-5-7-11/h3-9H,10H2,1-2H3,(H,18,19). The van der Waals surface area contributed by atoms with Gasteiger partial charge < -0.3 is 9.47 Å². The van der Waals surface area contributed by atoms with Gasteiger partial charge in [-0.2, -0.15) is 0 Å².